The molecule has 8 nitrogen and oxygen atoms in total. The Bertz CT molecular complexity index is 1350. The second-order valence-corrected chi connectivity index (χ2v) is 10.8. The fourth-order valence-electron chi connectivity index (χ4n) is 5.77. The van der Waals surface area contributed by atoms with E-state index >= 15 is 0 Å². The van der Waals surface area contributed by atoms with Crippen molar-refractivity contribution in [2.75, 3.05) is 31.1 Å². The Balaban J connectivity index is 1.33. The van der Waals surface area contributed by atoms with Crippen LogP contribution in [0.2, 0.25) is 0 Å². The molecule has 5 rings (SSSR count). The first kappa shape index (κ1) is 27.3. The van der Waals surface area contributed by atoms with Gasteiger partial charge in [-0.2, -0.15) is 18.3 Å². The molecule has 4 heterocycles. The Labute approximate surface area is 223 Å². The van der Waals surface area contributed by atoms with Crippen molar-refractivity contribution < 1.29 is 27.5 Å². The highest BCUT2D eigenvalue weighted by Crippen LogP contribution is 2.34. The van der Waals surface area contributed by atoms with Gasteiger partial charge in [0, 0.05) is 37.4 Å². The lowest BCUT2D eigenvalue weighted by molar-refractivity contribution is -0.140. The summed E-state index contributed by atoms with van der Waals surface area (Å²) in [7, 11) is 0. The fourth-order valence-corrected chi connectivity index (χ4v) is 5.77. The molecule has 0 aliphatic carbocycles. The molecule has 2 aliphatic rings. The third-order valence-corrected chi connectivity index (χ3v) is 7.79. The molecule has 0 radical (unpaired) electrons. The molecule has 2 N–H and O–H groups in total. The first-order valence-corrected chi connectivity index (χ1v) is 13.1. The van der Waals surface area contributed by atoms with Crippen LogP contribution in [-0.2, 0) is 6.18 Å². The van der Waals surface area contributed by atoms with Gasteiger partial charge in [-0.3, -0.25) is 9.69 Å². The minimum Gasteiger partial charge on any atom is -0.389 e. The van der Waals surface area contributed by atoms with Crippen molar-refractivity contribution >= 4 is 17.2 Å². The number of anilines is 1. The molecule has 0 saturated carbocycles. The summed E-state index contributed by atoms with van der Waals surface area (Å²) in [4.78, 5) is 22.0. The Kier molecular flexibility index (Phi) is 7.27. The largest absolute Gasteiger partial charge is 0.419 e. The first-order chi connectivity index (χ1) is 18.4. The molecule has 12 heteroatoms. The summed E-state index contributed by atoms with van der Waals surface area (Å²) in [6.07, 6.45) is 1.60. The zero-order valence-corrected chi connectivity index (χ0v) is 21.9. The van der Waals surface area contributed by atoms with Crippen molar-refractivity contribution in [2.45, 2.75) is 63.4 Å². The number of aliphatic hydroxyl groups is 1. The zero-order chi connectivity index (χ0) is 27.9. The van der Waals surface area contributed by atoms with Crippen LogP contribution in [0.15, 0.2) is 36.8 Å². The van der Waals surface area contributed by atoms with Gasteiger partial charge in [-0.25, -0.2) is 13.9 Å². The van der Waals surface area contributed by atoms with E-state index in [1.807, 2.05) is 6.92 Å². The zero-order valence-electron chi connectivity index (χ0n) is 21.9. The van der Waals surface area contributed by atoms with E-state index in [0.717, 1.165) is 57.1 Å². The Morgan fingerprint density at radius 3 is 2.67 bits per heavy atom. The van der Waals surface area contributed by atoms with Crippen LogP contribution < -0.4 is 10.2 Å². The Hall–Kier alpha value is -3.25. The number of fused-ring (bicyclic) bond motifs is 1. The monoisotopic (exact) mass is 548 g/mol. The molecule has 1 aromatic carbocycles. The number of likely N-dealkylation sites (tertiary alicyclic amines) is 1. The summed E-state index contributed by atoms with van der Waals surface area (Å²) in [6.45, 7) is 6.40. The van der Waals surface area contributed by atoms with Crippen molar-refractivity contribution in [1.82, 2.24) is 24.8 Å². The molecular weight excluding hydrogens is 516 g/mol. The third-order valence-electron chi connectivity index (χ3n) is 7.79. The van der Waals surface area contributed by atoms with Crippen molar-refractivity contribution in [3.05, 3.63) is 59.3 Å². The van der Waals surface area contributed by atoms with Crippen molar-refractivity contribution in [3.63, 3.8) is 0 Å². The average Bonchev–Trinajstić information content (AvgIpc) is 3.36. The molecule has 210 valence electrons. The minimum atomic E-state index is -4.84. The van der Waals surface area contributed by atoms with Gasteiger partial charge in [-0.05, 0) is 58.2 Å². The third kappa shape index (κ3) is 5.72. The molecule has 1 amide bonds. The fraction of sp³-hybridized carbons (Fsp3) is 0.519. The van der Waals surface area contributed by atoms with Gasteiger partial charge in [-0.1, -0.05) is 12.1 Å². The predicted octanol–water partition coefficient (Wildman–Crippen LogP) is 4.19. The van der Waals surface area contributed by atoms with Gasteiger partial charge in [0.15, 0.2) is 5.65 Å². The van der Waals surface area contributed by atoms with E-state index in [1.165, 1.54) is 30.0 Å². The number of β-amino-alcohol motifs (C(OH)–C–C–N with tert-alkyl or cyclic N) is 1. The summed E-state index contributed by atoms with van der Waals surface area (Å²) < 4.78 is 55.6. The number of hydrogen-bond donors (Lipinski definition) is 2. The van der Waals surface area contributed by atoms with Crippen LogP contribution in [-0.4, -0.2) is 68.3 Å². The van der Waals surface area contributed by atoms with Gasteiger partial charge in [-0.15, -0.1) is 0 Å². The lowest BCUT2D eigenvalue weighted by Gasteiger charge is -2.44. The summed E-state index contributed by atoms with van der Waals surface area (Å²) >= 11 is 0. The SMILES string of the molecule is C[C@@H](NC(=O)c1cc(N2CCC(N3CCCC(C)(O)C3)CC2)c2ncnn2c1)c1cccc(C(F)(F)F)c1F. The van der Waals surface area contributed by atoms with Crippen LogP contribution in [0.5, 0.6) is 0 Å². The van der Waals surface area contributed by atoms with E-state index in [9.17, 15) is 27.5 Å². The van der Waals surface area contributed by atoms with E-state index < -0.39 is 35.1 Å². The summed E-state index contributed by atoms with van der Waals surface area (Å²) in [5, 5.41) is 17.3. The number of piperidine rings is 2. The molecular formula is C27H32F4N6O2. The van der Waals surface area contributed by atoms with Crippen molar-refractivity contribution in [1.29, 1.82) is 0 Å². The second-order valence-electron chi connectivity index (χ2n) is 10.8. The molecule has 2 atom stereocenters. The Morgan fingerprint density at radius 1 is 1.23 bits per heavy atom. The maximum Gasteiger partial charge on any atom is 0.419 e. The standard InChI is InChI=1S/C27H32F4N6O2/c1-17(20-5-3-6-21(23(20)28)27(29,30)31)34-25(38)18-13-22(24-32-16-33-37(24)14-18)35-11-7-19(8-12-35)36-10-4-9-26(2,39)15-36/h3,5-6,13-14,16-17,19,39H,4,7-12,15H2,1-2H3,(H,34,38)/t17-,26?/m1/s1. The van der Waals surface area contributed by atoms with Gasteiger partial charge >= 0.3 is 6.18 Å². The minimum absolute atomic E-state index is 0.233. The Morgan fingerprint density at radius 2 is 1.97 bits per heavy atom. The van der Waals surface area contributed by atoms with Gasteiger partial charge in [0.25, 0.3) is 5.91 Å². The maximum absolute atomic E-state index is 14.6. The van der Waals surface area contributed by atoms with E-state index in [2.05, 4.69) is 25.2 Å². The van der Waals surface area contributed by atoms with Gasteiger partial charge in [0.1, 0.15) is 12.1 Å². The highest BCUT2D eigenvalue weighted by molar-refractivity contribution is 5.96. The van der Waals surface area contributed by atoms with E-state index in [0.29, 0.717) is 24.3 Å². The predicted molar refractivity (Wildman–Crippen MR) is 137 cm³/mol. The molecule has 2 aliphatic heterocycles. The van der Waals surface area contributed by atoms with E-state index in [4.69, 9.17) is 0 Å². The van der Waals surface area contributed by atoms with Gasteiger partial charge < -0.3 is 15.3 Å². The number of rotatable bonds is 5. The van der Waals surface area contributed by atoms with Crippen LogP contribution in [0.1, 0.15) is 67.1 Å². The number of nitrogens with zero attached hydrogens (tertiary/aromatic N) is 5. The van der Waals surface area contributed by atoms with Gasteiger partial charge in [0.05, 0.1) is 28.5 Å². The molecule has 0 bridgehead atoms. The second kappa shape index (κ2) is 10.4. The number of benzene rings is 1. The van der Waals surface area contributed by atoms with Crippen molar-refractivity contribution in [2.24, 2.45) is 0 Å². The molecule has 2 fully saturated rings. The van der Waals surface area contributed by atoms with Crippen LogP contribution in [0.3, 0.4) is 0 Å². The molecule has 3 aromatic rings. The number of carbonyl (C=O) groups is 1. The quantitative estimate of drug-likeness (QED) is 0.465. The van der Waals surface area contributed by atoms with Crippen LogP contribution >= 0.6 is 0 Å². The lowest BCUT2D eigenvalue weighted by Crippen LogP contribution is -2.53. The highest BCUT2D eigenvalue weighted by atomic mass is 19.4. The smallest absolute Gasteiger partial charge is 0.389 e. The normalized spacial score (nSPS) is 22.3. The number of hydrogen-bond acceptors (Lipinski definition) is 6. The first-order valence-electron chi connectivity index (χ1n) is 13.1. The summed E-state index contributed by atoms with van der Waals surface area (Å²) in [5.41, 5.74) is -0.747. The molecule has 1 unspecified atom stereocenters. The number of aromatic nitrogens is 3. The number of amides is 1. The van der Waals surface area contributed by atoms with Crippen LogP contribution in [0.4, 0.5) is 23.2 Å². The molecule has 2 aromatic heterocycles. The van der Waals surface area contributed by atoms with Crippen molar-refractivity contribution in [3.8, 4) is 0 Å². The molecule has 0 spiro atoms. The van der Waals surface area contributed by atoms with E-state index in [1.54, 1.807) is 6.07 Å². The molecule has 2 saturated heterocycles. The number of nitrogens with one attached hydrogen (secondary N) is 1. The number of halogens is 4. The molecule has 39 heavy (non-hydrogen) atoms. The number of pyridine rings is 1. The summed E-state index contributed by atoms with van der Waals surface area (Å²) in [6, 6.07) is 4.07. The van der Waals surface area contributed by atoms with Crippen LogP contribution in [0, 0.1) is 5.82 Å². The average molecular weight is 549 g/mol. The highest BCUT2D eigenvalue weighted by Gasteiger charge is 2.36. The van der Waals surface area contributed by atoms with E-state index in [-0.39, 0.29) is 11.1 Å². The number of carbonyl (C=O) groups excluding carboxylic acids is 1. The maximum atomic E-state index is 14.6. The van der Waals surface area contributed by atoms with Crippen LogP contribution in [0.25, 0.3) is 5.65 Å². The topological polar surface area (TPSA) is 86.0 Å². The number of alkyl halides is 3. The summed E-state index contributed by atoms with van der Waals surface area (Å²) in [5.74, 6) is -1.97. The van der Waals surface area contributed by atoms with Gasteiger partial charge in [0.2, 0.25) is 0 Å². The lowest BCUT2D eigenvalue weighted by atomic mass is 9.92.